The third-order valence-electron chi connectivity index (χ3n) is 3.13. The third-order valence-corrected chi connectivity index (χ3v) is 3.13. The number of ether oxygens (including phenoxy) is 2. The summed E-state index contributed by atoms with van der Waals surface area (Å²) in [5.74, 6) is 0. The van der Waals surface area contributed by atoms with Crippen molar-refractivity contribution in [2.45, 2.75) is 46.6 Å². The van der Waals surface area contributed by atoms with Crippen molar-refractivity contribution in [1.29, 1.82) is 0 Å². The Balaban J connectivity index is 3.81. The van der Waals surface area contributed by atoms with Crippen LogP contribution in [0.5, 0.6) is 0 Å². The van der Waals surface area contributed by atoms with E-state index in [0.29, 0.717) is 6.04 Å². The van der Waals surface area contributed by atoms with Crippen LogP contribution in [0.2, 0.25) is 0 Å². The van der Waals surface area contributed by atoms with E-state index in [0.717, 1.165) is 52.6 Å². The fourth-order valence-electron chi connectivity index (χ4n) is 1.88. The second-order valence-corrected chi connectivity index (χ2v) is 4.88. The molecule has 1 unspecified atom stereocenters. The number of rotatable bonds is 14. The van der Waals surface area contributed by atoms with Crippen molar-refractivity contribution < 1.29 is 9.47 Å². The minimum atomic E-state index is 0.585. The van der Waals surface area contributed by atoms with Gasteiger partial charge in [-0.1, -0.05) is 6.92 Å². The van der Waals surface area contributed by atoms with E-state index < -0.39 is 0 Å². The number of nitrogens with zero attached hydrogens (tertiary/aromatic N) is 1. The van der Waals surface area contributed by atoms with Crippen molar-refractivity contribution in [2.75, 3.05) is 52.6 Å². The van der Waals surface area contributed by atoms with Crippen molar-refractivity contribution in [3.63, 3.8) is 0 Å². The lowest BCUT2D eigenvalue weighted by Crippen LogP contribution is -2.36. The summed E-state index contributed by atoms with van der Waals surface area (Å²) in [6.07, 6.45) is 2.38. The second kappa shape index (κ2) is 14.3. The molecule has 0 aromatic rings. The molecule has 0 rings (SSSR count). The van der Waals surface area contributed by atoms with Gasteiger partial charge in [0.25, 0.3) is 0 Å². The molecule has 0 aliphatic carbocycles. The fourth-order valence-corrected chi connectivity index (χ4v) is 1.88. The zero-order valence-electron chi connectivity index (χ0n) is 13.4. The van der Waals surface area contributed by atoms with Gasteiger partial charge in [-0.05, 0) is 46.7 Å². The molecule has 4 heteroatoms. The van der Waals surface area contributed by atoms with Crippen LogP contribution in [0.15, 0.2) is 0 Å². The smallest absolute Gasteiger partial charge is 0.0593 e. The molecule has 0 heterocycles. The van der Waals surface area contributed by atoms with Crippen LogP contribution in [-0.2, 0) is 9.47 Å². The molecular formula is C15H34N2O2. The Morgan fingerprint density at radius 1 is 0.947 bits per heavy atom. The summed E-state index contributed by atoms with van der Waals surface area (Å²) >= 11 is 0. The molecular weight excluding hydrogens is 240 g/mol. The molecule has 1 atom stereocenters. The molecule has 0 saturated carbocycles. The van der Waals surface area contributed by atoms with Crippen LogP contribution in [-0.4, -0.2) is 63.5 Å². The highest BCUT2D eigenvalue weighted by molar-refractivity contribution is 4.65. The van der Waals surface area contributed by atoms with Gasteiger partial charge in [-0.2, -0.15) is 0 Å². The van der Waals surface area contributed by atoms with E-state index in [4.69, 9.17) is 9.47 Å². The van der Waals surface area contributed by atoms with E-state index in [-0.39, 0.29) is 0 Å². The highest BCUT2D eigenvalue weighted by Crippen LogP contribution is 1.97. The van der Waals surface area contributed by atoms with Gasteiger partial charge in [-0.3, -0.25) is 4.90 Å². The molecule has 0 aromatic carbocycles. The zero-order chi connectivity index (χ0) is 14.3. The lowest BCUT2D eigenvalue weighted by molar-refractivity contribution is 0.0812. The molecule has 0 fully saturated rings. The molecule has 0 amide bonds. The molecule has 19 heavy (non-hydrogen) atoms. The topological polar surface area (TPSA) is 33.7 Å². The van der Waals surface area contributed by atoms with E-state index in [1.54, 1.807) is 0 Å². The van der Waals surface area contributed by atoms with Crippen LogP contribution in [0.25, 0.3) is 0 Å². The van der Waals surface area contributed by atoms with Crippen molar-refractivity contribution >= 4 is 0 Å². The summed E-state index contributed by atoms with van der Waals surface area (Å²) in [4.78, 5) is 2.44. The average Bonchev–Trinajstić information content (AvgIpc) is 2.42. The van der Waals surface area contributed by atoms with Crippen LogP contribution < -0.4 is 5.32 Å². The first-order valence-corrected chi connectivity index (χ1v) is 7.85. The Bertz CT molecular complexity index is 170. The predicted octanol–water partition coefficient (Wildman–Crippen LogP) is 2.14. The first-order valence-electron chi connectivity index (χ1n) is 7.85. The van der Waals surface area contributed by atoms with Gasteiger partial charge in [-0.25, -0.2) is 0 Å². The Labute approximate surface area is 119 Å². The highest BCUT2D eigenvalue weighted by Gasteiger charge is 2.07. The maximum Gasteiger partial charge on any atom is 0.0593 e. The lowest BCUT2D eigenvalue weighted by atomic mass is 10.2. The standard InChI is InChI=1S/C15H34N2O2/c1-5-9-16-15(4)8-10-17(11-13-18-6-2)12-14-19-7-3/h15-16H,5-14H2,1-4H3. The summed E-state index contributed by atoms with van der Waals surface area (Å²) in [5.41, 5.74) is 0. The molecule has 0 aliphatic heterocycles. The van der Waals surface area contributed by atoms with E-state index in [1.807, 2.05) is 13.8 Å². The molecule has 0 saturated heterocycles. The van der Waals surface area contributed by atoms with Crippen LogP contribution in [0.1, 0.15) is 40.5 Å². The number of nitrogens with one attached hydrogen (secondary N) is 1. The van der Waals surface area contributed by atoms with Crippen LogP contribution in [0.3, 0.4) is 0 Å². The lowest BCUT2D eigenvalue weighted by Gasteiger charge is -2.24. The number of hydrogen-bond donors (Lipinski definition) is 1. The van der Waals surface area contributed by atoms with Gasteiger partial charge >= 0.3 is 0 Å². The fraction of sp³-hybridized carbons (Fsp3) is 1.00. The van der Waals surface area contributed by atoms with Crippen molar-refractivity contribution in [3.8, 4) is 0 Å². The summed E-state index contributed by atoms with van der Waals surface area (Å²) in [7, 11) is 0. The second-order valence-electron chi connectivity index (χ2n) is 4.88. The minimum Gasteiger partial charge on any atom is -0.380 e. The summed E-state index contributed by atoms with van der Waals surface area (Å²) in [6, 6.07) is 0.585. The third kappa shape index (κ3) is 12.6. The van der Waals surface area contributed by atoms with E-state index in [9.17, 15) is 0 Å². The van der Waals surface area contributed by atoms with Crippen LogP contribution in [0.4, 0.5) is 0 Å². The number of hydrogen-bond acceptors (Lipinski definition) is 4. The normalized spacial score (nSPS) is 13.1. The Morgan fingerprint density at radius 3 is 2.00 bits per heavy atom. The van der Waals surface area contributed by atoms with Gasteiger partial charge < -0.3 is 14.8 Å². The largest absolute Gasteiger partial charge is 0.380 e. The highest BCUT2D eigenvalue weighted by atomic mass is 16.5. The minimum absolute atomic E-state index is 0.585. The van der Waals surface area contributed by atoms with E-state index in [2.05, 4.69) is 24.1 Å². The first kappa shape index (κ1) is 18.8. The van der Waals surface area contributed by atoms with Gasteiger partial charge in [0.15, 0.2) is 0 Å². The summed E-state index contributed by atoms with van der Waals surface area (Å²) in [5, 5.41) is 3.53. The molecule has 0 aliphatic rings. The monoisotopic (exact) mass is 274 g/mol. The quantitative estimate of drug-likeness (QED) is 0.492. The maximum absolute atomic E-state index is 5.44. The summed E-state index contributed by atoms with van der Waals surface area (Å²) < 4.78 is 10.9. The molecule has 1 N–H and O–H groups in total. The van der Waals surface area contributed by atoms with Crippen molar-refractivity contribution in [1.82, 2.24) is 10.2 Å². The van der Waals surface area contributed by atoms with Gasteiger partial charge in [0.2, 0.25) is 0 Å². The van der Waals surface area contributed by atoms with Gasteiger partial charge in [0.1, 0.15) is 0 Å². The maximum atomic E-state index is 5.44. The van der Waals surface area contributed by atoms with Gasteiger partial charge in [0, 0.05) is 32.3 Å². The first-order chi connectivity index (χ1) is 9.24. The van der Waals surface area contributed by atoms with Crippen molar-refractivity contribution in [2.24, 2.45) is 0 Å². The Morgan fingerprint density at radius 2 is 1.53 bits per heavy atom. The summed E-state index contributed by atoms with van der Waals surface area (Å²) in [6.45, 7) is 16.0. The molecule has 0 radical (unpaired) electrons. The van der Waals surface area contributed by atoms with Gasteiger partial charge in [-0.15, -0.1) is 0 Å². The molecule has 0 spiro atoms. The van der Waals surface area contributed by atoms with Crippen LogP contribution >= 0.6 is 0 Å². The molecule has 0 bridgehead atoms. The predicted molar refractivity (Wildman–Crippen MR) is 81.8 cm³/mol. The Kier molecular flexibility index (Phi) is 14.1. The zero-order valence-corrected chi connectivity index (χ0v) is 13.4. The van der Waals surface area contributed by atoms with Crippen LogP contribution in [0, 0.1) is 0 Å². The average molecular weight is 274 g/mol. The van der Waals surface area contributed by atoms with E-state index in [1.165, 1.54) is 12.8 Å². The SMILES string of the molecule is CCCNC(C)CCN(CCOCC)CCOCC. The molecule has 116 valence electrons. The van der Waals surface area contributed by atoms with Gasteiger partial charge in [0.05, 0.1) is 13.2 Å². The molecule has 4 nitrogen and oxygen atoms in total. The van der Waals surface area contributed by atoms with E-state index >= 15 is 0 Å². The van der Waals surface area contributed by atoms with Crippen molar-refractivity contribution in [3.05, 3.63) is 0 Å². The molecule has 0 aromatic heterocycles. The Hall–Kier alpha value is -0.160.